The molecule has 66 heavy (non-hydrogen) atoms. The number of hydrogen-bond acceptors (Lipinski definition) is 9. The molecule has 3 aliphatic heterocycles. The number of anilines is 2. The second-order valence-electron chi connectivity index (χ2n) is 18.7. The monoisotopic (exact) mass is 891 g/mol. The fourth-order valence-electron chi connectivity index (χ4n) is 10.8. The number of imide groups is 1. The number of fused-ring (bicyclic) bond motifs is 3. The van der Waals surface area contributed by atoms with Gasteiger partial charge in [-0.3, -0.25) is 28.8 Å². The summed E-state index contributed by atoms with van der Waals surface area (Å²) >= 11 is 0. The van der Waals surface area contributed by atoms with Gasteiger partial charge >= 0.3 is 5.69 Å². The summed E-state index contributed by atoms with van der Waals surface area (Å²) in [5, 5.41) is 14.4. The van der Waals surface area contributed by atoms with Crippen LogP contribution in [-0.2, 0) is 23.7 Å². The number of alkyl halides is 1. The molecule has 7 aromatic rings. The average Bonchev–Trinajstić information content (AvgIpc) is 3.58. The first kappa shape index (κ1) is 41.9. The molecule has 11 rings (SSSR count). The van der Waals surface area contributed by atoms with Gasteiger partial charge in [0, 0.05) is 76.5 Å². The molecule has 3 aromatic carbocycles. The highest BCUT2D eigenvalue weighted by Crippen LogP contribution is 2.39. The van der Waals surface area contributed by atoms with E-state index in [-0.39, 0.29) is 29.6 Å². The van der Waals surface area contributed by atoms with Gasteiger partial charge < -0.3 is 25.0 Å². The number of carbonyl (C=O) groups is 3. The summed E-state index contributed by atoms with van der Waals surface area (Å²) in [6, 6.07) is 22.0. The number of carbonyl (C=O) groups excluding carboxylic acids is 3. The third kappa shape index (κ3) is 7.40. The largest absolute Gasteiger partial charge is 0.385 e. The molecule has 1 saturated carbocycles. The Kier molecular flexibility index (Phi) is 10.5. The van der Waals surface area contributed by atoms with E-state index in [4.69, 9.17) is 5.10 Å². The lowest BCUT2D eigenvalue weighted by Crippen LogP contribution is -2.44. The zero-order valence-corrected chi connectivity index (χ0v) is 37.5. The molecule has 3 saturated heterocycles. The number of likely N-dealkylation sites (tertiary alicyclic amines) is 1. The quantitative estimate of drug-likeness (QED) is 0.137. The van der Waals surface area contributed by atoms with Gasteiger partial charge in [-0.15, -0.1) is 0 Å². The predicted octanol–water partition coefficient (Wildman–Crippen LogP) is 6.16. The van der Waals surface area contributed by atoms with Crippen LogP contribution < -0.4 is 26.5 Å². The minimum Gasteiger partial charge on any atom is -0.385 e. The molecule has 4 aromatic heterocycles. The number of hydrogen-bond donors (Lipinski definition) is 3. The molecule has 1 unspecified atom stereocenters. The molecule has 0 radical (unpaired) electrons. The molecular formula is C50H54FN11O4. The summed E-state index contributed by atoms with van der Waals surface area (Å²) in [7, 11) is 5.65. The van der Waals surface area contributed by atoms with Crippen LogP contribution in [0, 0.1) is 5.92 Å². The number of imidazole rings is 2. The summed E-state index contributed by atoms with van der Waals surface area (Å²) in [6.45, 7) is 5.31. The van der Waals surface area contributed by atoms with Crippen LogP contribution in [0.4, 0.5) is 15.8 Å². The van der Waals surface area contributed by atoms with E-state index in [0.717, 1.165) is 97.4 Å². The lowest BCUT2D eigenvalue weighted by atomic mass is 9.87. The number of halogens is 1. The highest BCUT2D eigenvalue weighted by Gasteiger charge is 2.39. The minimum absolute atomic E-state index is 0.210. The van der Waals surface area contributed by atoms with Crippen molar-refractivity contribution < 1.29 is 18.8 Å². The second kappa shape index (κ2) is 16.6. The summed E-state index contributed by atoms with van der Waals surface area (Å²) in [6.07, 6.45) is 7.99. The van der Waals surface area contributed by atoms with E-state index >= 15 is 0 Å². The molecule has 1 aliphatic carbocycles. The number of nitrogens with one attached hydrogen (secondary N) is 3. The molecule has 3 N–H and O–H groups in total. The number of amides is 3. The Morgan fingerprint density at radius 1 is 0.894 bits per heavy atom. The fraction of sp³-hybridized carbons (Fsp3) is 0.400. The molecule has 340 valence electrons. The van der Waals surface area contributed by atoms with E-state index in [1.807, 2.05) is 31.3 Å². The van der Waals surface area contributed by atoms with Gasteiger partial charge in [-0.2, -0.15) is 5.10 Å². The van der Waals surface area contributed by atoms with Crippen molar-refractivity contribution in [3.05, 3.63) is 101 Å². The zero-order chi connectivity index (χ0) is 45.4. The Morgan fingerprint density at radius 2 is 1.65 bits per heavy atom. The molecule has 4 fully saturated rings. The molecule has 3 atom stereocenters. The summed E-state index contributed by atoms with van der Waals surface area (Å²) < 4.78 is 20.5. The number of rotatable bonds is 10. The van der Waals surface area contributed by atoms with Crippen molar-refractivity contribution >= 4 is 56.7 Å². The van der Waals surface area contributed by atoms with Crippen LogP contribution in [0.5, 0.6) is 0 Å². The number of benzene rings is 3. The van der Waals surface area contributed by atoms with Crippen molar-refractivity contribution in [1.29, 1.82) is 0 Å². The SMILES string of the molecule is CNc1cc(-c2cn(C)c3c(C4CCN(CC5CCN(c6ccc(-c7ccc8c(c7)n(C)c(=O)n8C7CCC(=O)NC7=O)cc6)CC5)CC4)cccc23)nn2c(C(=O)N[C@@H]3C[C@@H]3F)cnc12. The highest BCUT2D eigenvalue weighted by atomic mass is 19.1. The van der Waals surface area contributed by atoms with Crippen LogP contribution in [0.1, 0.15) is 73.0 Å². The number of aryl methyl sites for hydroxylation is 2. The summed E-state index contributed by atoms with van der Waals surface area (Å²) in [5.74, 6) is -0.0189. The summed E-state index contributed by atoms with van der Waals surface area (Å²) in [5.41, 5.74) is 10.3. The second-order valence-corrected chi connectivity index (χ2v) is 18.7. The van der Waals surface area contributed by atoms with Crippen molar-refractivity contribution in [2.75, 3.05) is 50.0 Å². The van der Waals surface area contributed by atoms with E-state index < -0.39 is 24.2 Å². The number of aromatic nitrogens is 6. The Hall–Kier alpha value is -6.81. The smallest absolute Gasteiger partial charge is 0.329 e. The number of para-hydroxylation sites is 1. The van der Waals surface area contributed by atoms with E-state index in [2.05, 4.69) is 91.0 Å². The first-order valence-corrected chi connectivity index (χ1v) is 23.2. The van der Waals surface area contributed by atoms with Crippen molar-refractivity contribution in [3.63, 3.8) is 0 Å². The molecule has 0 bridgehead atoms. The van der Waals surface area contributed by atoms with E-state index in [9.17, 15) is 23.6 Å². The molecule has 7 heterocycles. The Bertz CT molecular complexity index is 3110. The topological polar surface area (TPSA) is 156 Å². The Morgan fingerprint density at radius 3 is 2.38 bits per heavy atom. The predicted molar refractivity (Wildman–Crippen MR) is 253 cm³/mol. The zero-order valence-electron chi connectivity index (χ0n) is 37.5. The van der Waals surface area contributed by atoms with Crippen LogP contribution in [-0.4, -0.2) is 103 Å². The average molecular weight is 892 g/mol. The molecule has 0 spiro atoms. The van der Waals surface area contributed by atoms with Gasteiger partial charge in [0.2, 0.25) is 11.8 Å². The highest BCUT2D eigenvalue weighted by molar-refractivity contribution is 6.01. The van der Waals surface area contributed by atoms with Crippen LogP contribution >= 0.6 is 0 Å². The van der Waals surface area contributed by atoms with Gasteiger partial charge in [-0.1, -0.05) is 36.4 Å². The maximum atomic E-state index is 13.6. The van der Waals surface area contributed by atoms with Gasteiger partial charge in [0.15, 0.2) is 11.3 Å². The van der Waals surface area contributed by atoms with Gasteiger partial charge in [0.05, 0.1) is 40.2 Å². The number of piperidine rings is 3. The summed E-state index contributed by atoms with van der Waals surface area (Å²) in [4.78, 5) is 60.4. The van der Waals surface area contributed by atoms with Gasteiger partial charge in [-0.25, -0.2) is 18.7 Å². The minimum atomic E-state index is -1.00. The number of nitrogens with zero attached hydrogens (tertiary/aromatic N) is 8. The molecule has 15 nitrogen and oxygen atoms in total. The molecular weight excluding hydrogens is 838 g/mol. The molecule has 16 heteroatoms. The van der Waals surface area contributed by atoms with Crippen molar-refractivity contribution in [2.45, 2.75) is 69.1 Å². The third-order valence-corrected chi connectivity index (χ3v) is 14.6. The maximum absolute atomic E-state index is 13.6. The van der Waals surface area contributed by atoms with Gasteiger partial charge in [-0.05, 0) is 104 Å². The van der Waals surface area contributed by atoms with Crippen LogP contribution in [0.25, 0.3) is 50.0 Å². The van der Waals surface area contributed by atoms with E-state index in [1.165, 1.54) is 27.5 Å². The normalized spacial score (nSPS) is 21.0. The van der Waals surface area contributed by atoms with Gasteiger partial charge in [0.25, 0.3) is 5.91 Å². The lowest BCUT2D eigenvalue weighted by molar-refractivity contribution is -0.135. The van der Waals surface area contributed by atoms with E-state index in [1.54, 1.807) is 16.1 Å². The van der Waals surface area contributed by atoms with Gasteiger partial charge in [0.1, 0.15) is 12.2 Å². The molecule has 4 aliphatic rings. The Balaban J connectivity index is 0.716. The maximum Gasteiger partial charge on any atom is 0.329 e. The van der Waals surface area contributed by atoms with Crippen LogP contribution in [0.2, 0.25) is 0 Å². The van der Waals surface area contributed by atoms with Crippen molar-refractivity contribution in [1.82, 2.24) is 43.8 Å². The standard InChI is InChI=1S/C50H54FN11O4/c1-52-40-25-38(56-62-44(26-53-47(40)62)49(65)54-39-24-37(39)51)36-28-57(2)46-34(5-4-6-35(36)46)31-17-19-59(20-18-31)27-29-15-21-60(22-16-29)33-10-7-30(8-11-33)32-9-12-41-43(23-32)58(3)50(66)61(41)42-13-14-45(63)55-48(42)64/h4-12,23,25-26,28-29,31,37,39,42,52H,13-22,24,27H2,1-3H3,(H,54,65)(H,55,63,64)/t37-,39+,42?/m0/s1. The fourth-order valence-corrected chi connectivity index (χ4v) is 10.8. The van der Waals surface area contributed by atoms with Crippen molar-refractivity contribution in [2.24, 2.45) is 20.0 Å². The first-order valence-electron chi connectivity index (χ1n) is 23.2. The van der Waals surface area contributed by atoms with Crippen molar-refractivity contribution in [3.8, 4) is 22.4 Å². The third-order valence-electron chi connectivity index (χ3n) is 14.6. The first-order chi connectivity index (χ1) is 32.0. The lowest BCUT2D eigenvalue weighted by Gasteiger charge is -2.38. The Labute approximate surface area is 380 Å². The van der Waals surface area contributed by atoms with E-state index in [0.29, 0.717) is 35.8 Å². The van der Waals surface area contributed by atoms with Crippen LogP contribution in [0.3, 0.4) is 0 Å². The molecule has 3 amide bonds. The van der Waals surface area contributed by atoms with Crippen LogP contribution in [0.15, 0.2) is 83.9 Å².